The van der Waals surface area contributed by atoms with Gasteiger partial charge >= 0.3 is 11.9 Å². The second-order valence-electron chi connectivity index (χ2n) is 3.66. The third kappa shape index (κ3) is 4.34. The summed E-state index contributed by atoms with van der Waals surface area (Å²) in [6.07, 6.45) is 4.93. The lowest BCUT2D eigenvalue weighted by Gasteiger charge is -2.21. The molecule has 0 radical (unpaired) electrons. The molecule has 2 rings (SSSR count). The first-order valence-corrected chi connectivity index (χ1v) is 5.12. The first-order chi connectivity index (χ1) is 8.50. The van der Waals surface area contributed by atoms with Gasteiger partial charge in [0.25, 0.3) is 0 Å². The van der Waals surface area contributed by atoms with Gasteiger partial charge in [0.1, 0.15) is 5.69 Å². The van der Waals surface area contributed by atoms with E-state index in [1.807, 2.05) is 0 Å². The molecular weight excluding hydrogens is 242 g/mol. The Labute approximate surface area is 102 Å². The number of aliphatic carboxylic acids is 2. The Kier molecular flexibility index (Phi) is 5.00. The molecule has 1 aromatic heterocycles. The van der Waals surface area contributed by atoms with Crippen molar-refractivity contribution in [3.05, 3.63) is 18.0 Å². The van der Waals surface area contributed by atoms with Gasteiger partial charge in [0, 0.05) is 13.1 Å². The fourth-order valence-electron chi connectivity index (χ4n) is 1.39. The van der Waals surface area contributed by atoms with Gasteiger partial charge in [-0.25, -0.2) is 14.2 Å². The van der Waals surface area contributed by atoms with E-state index in [9.17, 15) is 0 Å². The molecule has 0 fully saturated rings. The molecular formula is C10H13N3O5. The van der Waals surface area contributed by atoms with Gasteiger partial charge in [-0.05, 0) is 19.0 Å². The summed E-state index contributed by atoms with van der Waals surface area (Å²) in [4.78, 5) is 20.5. The predicted octanol–water partition coefficient (Wildman–Crippen LogP) is -0.0559. The molecule has 0 aromatic carbocycles. The molecule has 0 amide bonds. The van der Waals surface area contributed by atoms with Crippen LogP contribution in [0.15, 0.2) is 16.9 Å². The van der Waals surface area contributed by atoms with Crippen LogP contribution in [-0.4, -0.2) is 57.5 Å². The van der Waals surface area contributed by atoms with Gasteiger partial charge in [0.15, 0.2) is 0 Å². The molecule has 0 bridgehead atoms. The van der Waals surface area contributed by atoms with Gasteiger partial charge < -0.3 is 15.1 Å². The van der Waals surface area contributed by atoms with Crippen LogP contribution in [0.2, 0.25) is 0 Å². The highest BCUT2D eigenvalue weighted by molar-refractivity contribution is 6.27. The van der Waals surface area contributed by atoms with Gasteiger partial charge in [0.2, 0.25) is 0 Å². The minimum absolute atomic E-state index is 0.863. The Hall–Kier alpha value is -2.22. The average Bonchev–Trinajstić information content (AvgIpc) is 2.83. The molecule has 0 atom stereocenters. The number of hydrogen-bond donors (Lipinski definition) is 2. The zero-order valence-electron chi connectivity index (χ0n) is 9.74. The summed E-state index contributed by atoms with van der Waals surface area (Å²) in [7, 11) is 2.10. The summed E-state index contributed by atoms with van der Waals surface area (Å²) in [5.74, 6) is -3.65. The average molecular weight is 255 g/mol. The second kappa shape index (κ2) is 6.50. The molecule has 1 aromatic rings. The lowest BCUT2D eigenvalue weighted by molar-refractivity contribution is -0.159. The maximum absolute atomic E-state index is 9.10. The molecule has 1 aliphatic rings. The van der Waals surface area contributed by atoms with Gasteiger partial charge in [-0.3, -0.25) is 0 Å². The molecule has 2 N–H and O–H groups in total. The van der Waals surface area contributed by atoms with Crippen molar-refractivity contribution < 1.29 is 24.4 Å². The first-order valence-electron chi connectivity index (χ1n) is 5.12. The van der Waals surface area contributed by atoms with Crippen LogP contribution >= 0.6 is 0 Å². The zero-order valence-corrected chi connectivity index (χ0v) is 9.74. The van der Waals surface area contributed by atoms with Crippen LogP contribution in [-0.2, 0) is 9.59 Å². The highest BCUT2D eigenvalue weighted by Gasteiger charge is 2.12. The topological polar surface area (TPSA) is 117 Å². The van der Waals surface area contributed by atoms with E-state index in [-0.39, 0.29) is 0 Å². The fraction of sp³-hybridized carbons (Fsp3) is 0.400. The van der Waals surface area contributed by atoms with Gasteiger partial charge in [-0.2, -0.15) is 0 Å². The summed E-state index contributed by atoms with van der Waals surface area (Å²) >= 11 is 0. The van der Waals surface area contributed by atoms with Crippen LogP contribution in [0, 0.1) is 0 Å². The zero-order chi connectivity index (χ0) is 13.5. The summed E-state index contributed by atoms with van der Waals surface area (Å²) in [5, 5.41) is 22.2. The molecule has 18 heavy (non-hydrogen) atoms. The third-order valence-electron chi connectivity index (χ3n) is 2.22. The Bertz CT molecular complexity index is 428. The molecule has 2 heterocycles. The van der Waals surface area contributed by atoms with Crippen molar-refractivity contribution in [1.29, 1.82) is 0 Å². The van der Waals surface area contributed by atoms with E-state index in [2.05, 4.69) is 33.0 Å². The maximum atomic E-state index is 9.10. The summed E-state index contributed by atoms with van der Waals surface area (Å²) < 4.78 is 4.54. The number of aromatic nitrogens is 2. The largest absolute Gasteiger partial charge is 0.473 e. The van der Waals surface area contributed by atoms with Gasteiger partial charge in [0.05, 0.1) is 6.20 Å². The molecule has 0 unspecified atom stereocenters. The number of carboxylic acid groups (broad SMARTS) is 2. The van der Waals surface area contributed by atoms with E-state index >= 15 is 0 Å². The van der Waals surface area contributed by atoms with Crippen molar-refractivity contribution in [2.24, 2.45) is 0 Å². The molecule has 0 aliphatic carbocycles. The smallest absolute Gasteiger partial charge is 0.414 e. The first kappa shape index (κ1) is 13.8. The Morgan fingerprint density at radius 2 is 2.06 bits per heavy atom. The van der Waals surface area contributed by atoms with Gasteiger partial charge in [-0.15, -0.1) is 0 Å². The van der Waals surface area contributed by atoms with Crippen molar-refractivity contribution in [2.45, 2.75) is 6.42 Å². The highest BCUT2D eigenvalue weighted by atomic mass is 16.6. The summed E-state index contributed by atoms with van der Waals surface area (Å²) in [6, 6.07) is 0. The highest BCUT2D eigenvalue weighted by Crippen LogP contribution is 2.16. The molecule has 0 spiro atoms. The van der Waals surface area contributed by atoms with Crippen molar-refractivity contribution >= 4 is 17.5 Å². The molecule has 1 aliphatic heterocycles. The minimum atomic E-state index is -1.82. The van der Waals surface area contributed by atoms with Crippen LogP contribution in [0.1, 0.15) is 12.1 Å². The van der Waals surface area contributed by atoms with Crippen LogP contribution < -0.4 is 0 Å². The number of rotatable bonds is 1. The van der Waals surface area contributed by atoms with Crippen LogP contribution in [0.3, 0.4) is 0 Å². The van der Waals surface area contributed by atoms with Crippen molar-refractivity contribution in [3.63, 3.8) is 0 Å². The van der Waals surface area contributed by atoms with E-state index < -0.39 is 11.9 Å². The van der Waals surface area contributed by atoms with Crippen molar-refractivity contribution in [2.75, 3.05) is 20.1 Å². The van der Waals surface area contributed by atoms with Crippen LogP contribution in [0.5, 0.6) is 0 Å². The molecule has 0 saturated carbocycles. The molecule has 0 saturated heterocycles. The Morgan fingerprint density at radius 3 is 2.50 bits per heavy atom. The normalized spacial score (nSPS) is 15.3. The lowest BCUT2D eigenvalue weighted by atomic mass is 10.1. The standard InChI is InChI=1S/C8H11N3O.C2H2O4/c1-11-4-2-3-7(6-11)8-5-9-12-10-8;3-1(4)2(5)6/h3,5H,2,4,6H2,1H3;(H,3,4)(H,5,6). The van der Waals surface area contributed by atoms with E-state index in [4.69, 9.17) is 19.8 Å². The molecule has 98 valence electrons. The predicted molar refractivity (Wildman–Crippen MR) is 59.7 cm³/mol. The number of nitrogens with zero attached hydrogens (tertiary/aromatic N) is 3. The molecule has 8 nitrogen and oxygen atoms in total. The van der Waals surface area contributed by atoms with Gasteiger partial charge in [-0.1, -0.05) is 16.4 Å². The summed E-state index contributed by atoms with van der Waals surface area (Å²) in [5.41, 5.74) is 2.08. The quantitative estimate of drug-likeness (QED) is 0.670. The van der Waals surface area contributed by atoms with Crippen molar-refractivity contribution in [3.8, 4) is 0 Å². The SMILES string of the molecule is CN1CCC=C(c2cnon2)C1.O=C(O)C(=O)O. The number of hydrogen-bond acceptors (Lipinski definition) is 6. The molecule has 8 heteroatoms. The van der Waals surface area contributed by atoms with Crippen LogP contribution in [0.4, 0.5) is 0 Å². The van der Waals surface area contributed by atoms with E-state index in [1.165, 1.54) is 5.57 Å². The second-order valence-corrected chi connectivity index (χ2v) is 3.66. The Morgan fingerprint density at radius 1 is 1.39 bits per heavy atom. The van der Waals surface area contributed by atoms with E-state index in [0.29, 0.717) is 0 Å². The lowest BCUT2D eigenvalue weighted by Crippen LogP contribution is -2.24. The number of likely N-dealkylation sites (N-methyl/N-ethyl adjacent to an activating group) is 1. The van der Waals surface area contributed by atoms with E-state index in [1.54, 1.807) is 6.20 Å². The Balaban J connectivity index is 0.000000232. The maximum Gasteiger partial charge on any atom is 0.414 e. The number of carbonyl (C=O) groups is 2. The monoisotopic (exact) mass is 255 g/mol. The third-order valence-corrected chi connectivity index (χ3v) is 2.22. The fourth-order valence-corrected chi connectivity index (χ4v) is 1.39. The minimum Gasteiger partial charge on any atom is -0.473 e. The number of carboxylic acids is 2. The van der Waals surface area contributed by atoms with Crippen molar-refractivity contribution in [1.82, 2.24) is 15.2 Å². The van der Waals surface area contributed by atoms with E-state index in [0.717, 1.165) is 25.2 Å². The summed E-state index contributed by atoms with van der Waals surface area (Å²) in [6.45, 7) is 2.06. The van der Waals surface area contributed by atoms with Crippen LogP contribution in [0.25, 0.3) is 5.57 Å².